The summed E-state index contributed by atoms with van der Waals surface area (Å²) in [6.07, 6.45) is 1.63. The fraction of sp³-hybridized carbons (Fsp3) is 0.333. The Morgan fingerprint density at radius 2 is 2.08 bits per heavy atom. The lowest BCUT2D eigenvalue weighted by Gasteiger charge is -2.13. The molecule has 1 atom stereocenters. The molecule has 0 saturated carbocycles. The maximum absolute atomic E-state index is 12.7. The van der Waals surface area contributed by atoms with Crippen molar-refractivity contribution in [3.63, 3.8) is 0 Å². The van der Waals surface area contributed by atoms with Gasteiger partial charge in [0.1, 0.15) is 11.6 Å². The summed E-state index contributed by atoms with van der Waals surface area (Å²) in [6, 6.07) is 11.4. The van der Waals surface area contributed by atoms with Crippen molar-refractivity contribution in [2.75, 3.05) is 5.32 Å². The molecule has 25 heavy (non-hydrogen) atoms. The van der Waals surface area contributed by atoms with E-state index in [0.717, 1.165) is 11.0 Å². The Bertz CT molecular complexity index is 946. The first-order valence-corrected chi connectivity index (χ1v) is 8.15. The van der Waals surface area contributed by atoms with Crippen LogP contribution in [0.1, 0.15) is 25.6 Å². The van der Waals surface area contributed by atoms with Gasteiger partial charge in [0, 0.05) is 19.7 Å². The Labute approximate surface area is 145 Å². The predicted molar refractivity (Wildman–Crippen MR) is 94.8 cm³/mol. The van der Waals surface area contributed by atoms with E-state index in [1.54, 1.807) is 21.5 Å². The molecule has 3 aromatic rings. The molecule has 0 saturated heterocycles. The molecule has 1 N–H and O–H groups in total. The minimum atomic E-state index is -1.00. The summed E-state index contributed by atoms with van der Waals surface area (Å²) in [7, 11) is 1.81. The van der Waals surface area contributed by atoms with E-state index in [-0.39, 0.29) is 0 Å². The summed E-state index contributed by atoms with van der Waals surface area (Å²) in [4.78, 5) is 17.1. The van der Waals surface area contributed by atoms with Gasteiger partial charge in [-0.1, -0.05) is 26.0 Å². The molecule has 2 aromatic heterocycles. The third kappa shape index (κ3) is 3.24. The zero-order valence-electron chi connectivity index (χ0n) is 14.5. The fourth-order valence-electron chi connectivity index (χ4n) is 2.78. The van der Waals surface area contributed by atoms with Crippen LogP contribution in [0.25, 0.3) is 11.0 Å². The van der Waals surface area contributed by atoms with Crippen molar-refractivity contribution in [3.8, 4) is 6.07 Å². The predicted octanol–water partition coefficient (Wildman–Crippen LogP) is 2.67. The van der Waals surface area contributed by atoms with Crippen LogP contribution in [-0.2, 0) is 18.4 Å². The lowest BCUT2D eigenvalue weighted by Crippen LogP contribution is -2.24. The number of anilines is 1. The molecule has 0 radical (unpaired) electrons. The second-order valence-electron chi connectivity index (χ2n) is 6.36. The van der Waals surface area contributed by atoms with Crippen LogP contribution in [-0.4, -0.2) is 25.2 Å². The van der Waals surface area contributed by atoms with Gasteiger partial charge in [-0.3, -0.25) is 4.79 Å². The van der Waals surface area contributed by atoms with E-state index in [1.807, 2.05) is 31.3 Å². The molecule has 0 aliphatic carbocycles. The molecular formula is C18H20N6O. The van der Waals surface area contributed by atoms with Crippen LogP contribution in [0.4, 0.5) is 5.82 Å². The Hall–Kier alpha value is -3.14. The van der Waals surface area contributed by atoms with Crippen LogP contribution in [0.5, 0.6) is 0 Å². The quantitative estimate of drug-likeness (QED) is 0.776. The van der Waals surface area contributed by atoms with Crippen molar-refractivity contribution in [1.82, 2.24) is 19.3 Å². The average Bonchev–Trinajstić information content (AvgIpc) is 3.13. The Morgan fingerprint density at radius 3 is 2.76 bits per heavy atom. The highest BCUT2D eigenvalue weighted by molar-refractivity contribution is 5.97. The number of aryl methyl sites for hydroxylation is 1. The van der Waals surface area contributed by atoms with Gasteiger partial charge < -0.3 is 9.88 Å². The standard InChI is InChI=1S/C18H20N6O/c1-12(2)11-24-16(8-9-20-24)22-18(25)13(10-19)17-21-14-6-4-5-7-15(14)23(17)3/h4-9,12-13H,11H2,1-3H3,(H,22,25). The summed E-state index contributed by atoms with van der Waals surface area (Å²) in [6.45, 7) is 4.84. The van der Waals surface area contributed by atoms with Gasteiger partial charge in [-0.2, -0.15) is 10.4 Å². The second kappa shape index (κ2) is 6.77. The number of nitriles is 1. The molecule has 3 rings (SSSR count). The topological polar surface area (TPSA) is 88.5 Å². The van der Waals surface area contributed by atoms with Crippen LogP contribution in [0.2, 0.25) is 0 Å². The molecule has 7 heteroatoms. The summed E-state index contributed by atoms with van der Waals surface area (Å²) >= 11 is 0. The molecule has 2 heterocycles. The smallest absolute Gasteiger partial charge is 0.250 e. The third-order valence-electron chi connectivity index (χ3n) is 3.98. The Kier molecular flexibility index (Phi) is 4.52. The van der Waals surface area contributed by atoms with Gasteiger partial charge in [0.15, 0.2) is 5.92 Å². The number of fused-ring (bicyclic) bond motifs is 1. The lowest BCUT2D eigenvalue weighted by atomic mass is 10.1. The highest BCUT2D eigenvalue weighted by Crippen LogP contribution is 2.22. The summed E-state index contributed by atoms with van der Waals surface area (Å²) < 4.78 is 3.51. The van der Waals surface area contributed by atoms with Crippen molar-refractivity contribution in [2.24, 2.45) is 13.0 Å². The molecule has 1 amide bonds. The van der Waals surface area contributed by atoms with E-state index in [9.17, 15) is 10.1 Å². The highest BCUT2D eigenvalue weighted by atomic mass is 16.2. The summed E-state index contributed by atoms with van der Waals surface area (Å²) in [5.74, 6) is -0.0118. The molecule has 0 spiro atoms. The molecule has 1 aromatic carbocycles. The molecule has 0 bridgehead atoms. The monoisotopic (exact) mass is 336 g/mol. The van der Waals surface area contributed by atoms with Crippen molar-refractivity contribution < 1.29 is 4.79 Å². The van der Waals surface area contributed by atoms with Gasteiger partial charge in [0.05, 0.1) is 23.3 Å². The van der Waals surface area contributed by atoms with E-state index >= 15 is 0 Å². The number of hydrogen-bond acceptors (Lipinski definition) is 4. The Morgan fingerprint density at radius 1 is 1.32 bits per heavy atom. The zero-order chi connectivity index (χ0) is 18.0. The van der Waals surface area contributed by atoms with Crippen molar-refractivity contribution in [1.29, 1.82) is 5.26 Å². The van der Waals surface area contributed by atoms with Crippen LogP contribution >= 0.6 is 0 Å². The molecule has 1 unspecified atom stereocenters. The molecule has 7 nitrogen and oxygen atoms in total. The van der Waals surface area contributed by atoms with Crippen LogP contribution in [0.3, 0.4) is 0 Å². The first kappa shape index (κ1) is 16.7. The van der Waals surface area contributed by atoms with Gasteiger partial charge in [-0.25, -0.2) is 9.67 Å². The average molecular weight is 336 g/mol. The van der Waals surface area contributed by atoms with Crippen LogP contribution in [0, 0.1) is 17.2 Å². The highest BCUT2D eigenvalue weighted by Gasteiger charge is 2.26. The van der Waals surface area contributed by atoms with Gasteiger partial charge >= 0.3 is 0 Å². The number of nitrogens with one attached hydrogen (secondary N) is 1. The third-order valence-corrected chi connectivity index (χ3v) is 3.98. The minimum absolute atomic E-state index is 0.391. The summed E-state index contributed by atoms with van der Waals surface area (Å²) in [5, 5.41) is 16.6. The molecule has 0 aliphatic heterocycles. The molecule has 0 aliphatic rings. The van der Waals surface area contributed by atoms with Gasteiger partial charge in [-0.15, -0.1) is 0 Å². The van der Waals surface area contributed by atoms with E-state index in [0.29, 0.717) is 24.1 Å². The van der Waals surface area contributed by atoms with E-state index in [2.05, 4.69) is 35.3 Å². The molecule has 0 fully saturated rings. The second-order valence-corrected chi connectivity index (χ2v) is 6.36. The van der Waals surface area contributed by atoms with E-state index < -0.39 is 11.8 Å². The SMILES string of the molecule is CC(C)Cn1nccc1NC(=O)C(C#N)c1nc2ccccc2n1C. The first-order chi connectivity index (χ1) is 12.0. The van der Waals surface area contributed by atoms with Gasteiger partial charge in [0.25, 0.3) is 5.91 Å². The lowest BCUT2D eigenvalue weighted by molar-refractivity contribution is -0.116. The normalized spacial score (nSPS) is 12.3. The number of carbonyl (C=O) groups excluding carboxylic acids is 1. The van der Waals surface area contributed by atoms with Crippen molar-refractivity contribution >= 4 is 22.8 Å². The minimum Gasteiger partial charge on any atom is -0.330 e. The largest absolute Gasteiger partial charge is 0.330 e. The number of aromatic nitrogens is 4. The maximum atomic E-state index is 12.7. The molecule has 128 valence electrons. The number of nitrogens with zero attached hydrogens (tertiary/aromatic N) is 5. The van der Waals surface area contributed by atoms with E-state index in [4.69, 9.17) is 0 Å². The Balaban J connectivity index is 1.88. The van der Waals surface area contributed by atoms with Crippen LogP contribution < -0.4 is 5.32 Å². The summed E-state index contributed by atoms with van der Waals surface area (Å²) in [5.41, 5.74) is 1.65. The number of hydrogen-bond donors (Lipinski definition) is 1. The number of rotatable bonds is 5. The van der Waals surface area contributed by atoms with Crippen molar-refractivity contribution in [3.05, 3.63) is 42.4 Å². The fourth-order valence-corrected chi connectivity index (χ4v) is 2.78. The number of imidazole rings is 1. The number of benzene rings is 1. The zero-order valence-corrected chi connectivity index (χ0v) is 14.5. The van der Waals surface area contributed by atoms with Gasteiger partial charge in [-0.05, 0) is 18.1 Å². The molecular weight excluding hydrogens is 316 g/mol. The van der Waals surface area contributed by atoms with Gasteiger partial charge in [0.2, 0.25) is 0 Å². The van der Waals surface area contributed by atoms with Crippen LogP contribution in [0.15, 0.2) is 36.5 Å². The number of carbonyl (C=O) groups is 1. The van der Waals surface area contributed by atoms with E-state index in [1.165, 1.54) is 0 Å². The van der Waals surface area contributed by atoms with Crippen molar-refractivity contribution in [2.45, 2.75) is 26.3 Å². The maximum Gasteiger partial charge on any atom is 0.250 e. The number of para-hydroxylation sites is 2. The first-order valence-electron chi connectivity index (χ1n) is 8.15. The number of amides is 1.